The van der Waals surface area contributed by atoms with Gasteiger partial charge in [0.05, 0.1) is 0 Å². The van der Waals surface area contributed by atoms with Crippen LogP contribution in [-0.2, 0) is 27.5 Å². The summed E-state index contributed by atoms with van der Waals surface area (Å²) in [5.74, 6) is 0. The standard InChI is InChI=1S/Bi.Mn.H2O4S/c;;1-5(2,3)4/h;;(H2,1,2,3,4)/q+3;+2;/p-2. The van der Waals surface area contributed by atoms with Crippen molar-refractivity contribution in [3.05, 3.63) is 0 Å². The molecule has 0 aliphatic heterocycles. The van der Waals surface area contributed by atoms with E-state index in [2.05, 4.69) is 0 Å². The minimum Gasteiger partial charge on any atom is -0.759 e. The molecule has 0 heterocycles. The zero-order valence-electron chi connectivity index (χ0n) is 2.87. The zero-order chi connectivity index (χ0) is 4.50. The summed E-state index contributed by atoms with van der Waals surface area (Å²) in [5, 5.41) is 0. The van der Waals surface area contributed by atoms with Gasteiger partial charge < -0.3 is 9.11 Å². The molecule has 4 nitrogen and oxygen atoms in total. The normalized spacial score (nSPS) is 8.29. The summed E-state index contributed by atoms with van der Waals surface area (Å²) in [4.78, 5) is 0. The van der Waals surface area contributed by atoms with Crippen molar-refractivity contribution in [3.63, 3.8) is 0 Å². The fraction of sp³-hybridized carbons (Fsp3) is 0. The topological polar surface area (TPSA) is 80.3 Å². The third-order valence-electron chi connectivity index (χ3n) is 0. The largest absolute Gasteiger partial charge is 3.00 e. The van der Waals surface area contributed by atoms with Crippen LogP contribution in [0.5, 0.6) is 0 Å². The second kappa shape index (κ2) is 5.41. The molecule has 0 rings (SSSR count). The number of hydrogen-bond acceptors (Lipinski definition) is 4. The third kappa shape index (κ3) is 125. The van der Waals surface area contributed by atoms with Crippen LogP contribution in [0.15, 0.2) is 0 Å². The van der Waals surface area contributed by atoms with Crippen LogP contribution in [0.25, 0.3) is 0 Å². The van der Waals surface area contributed by atoms with Gasteiger partial charge in [0, 0.05) is 10.4 Å². The maximum atomic E-state index is 8.52. The van der Waals surface area contributed by atoms with E-state index in [9.17, 15) is 0 Å². The van der Waals surface area contributed by atoms with Gasteiger partial charge in [0.25, 0.3) is 0 Å². The van der Waals surface area contributed by atoms with Gasteiger partial charge in [-0.1, -0.05) is 0 Å². The van der Waals surface area contributed by atoms with E-state index in [-0.39, 0.29) is 43.3 Å². The van der Waals surface area contributed by atoms with Crippen LogP contribution < -0.4 is 0 Å². The predicted octanol–water partition coefficient (Wildman–Crippen LogP) is -1.72. The molecule has 3 radical (unpaired) electrons. The molecule has 0 atom stereocenters. The Morgan fingerprint density at radius 2 is 1.14 bits per heavy atom. The number of rotatable bonds is 0. The quantitative estimate of drug-likeness (QED) is 0.293. The van der Waals surface area contributed by atoms with E-state index >= 15 is 0 Å². The number of hydrogen-bond donors (Lipinski definition) is 0. The molecule has 0 aliphatic carbocycles. The van der Waals surface area contributed by atoms with Crippen LogP contribution in [0.2, 0.25) is 0 Å². The smallest absolute Gasteiger partial charge is 0.759 e. The van der Waals surface area contributed by atoms with Crippen molar-refractivity contribution >= 4 is 36.6 Å². The van der Waals surface area contributed by atoms with Gasteiger partial charge in [0.1, 0.15) is 0 Å². The molecule has 0 bridgehead atoms. The summed E-state index contributed by atoms with van der Waals surface area (Å²) in [6.07, 6.45) is 0. The Bertz CT molecular complexity index is 94.9. The molecular weight excluding hydrogens is 360 g/mol. The van der Waals surface area contributed by atoms with Crippen LogP contribution in [-0.4, -0.2) is 43.7 Å². The summed E-state index contributed by atoms with van der Waals surface area (Å²) < 4.78 is 34.1. The summed E-state index contributed by atoms with van der Waals surface area (Å²) in [6, 6.07) is 0. The van der Waals surface area contributed by atoms with Gasteiger partial charge in [-0.15, -0.1) is 0 Å². The molecule has 0 aliphatic rings. The zero-order valence-corrected chi connectivity index (χ0v) is 8.34. The molecule has 0 aromatic carbocycles. The molecule has 0 fully saturated rings. The molecule has 7 heavy (non-hydrogen) atoms. The van der Waals surface area contributed by atoms with Crippen LogP contribution in [0.4, 0.5) is 0 Å². The van der Waals surface area contributed by atoms with E-state index in [4.69, 9.17) is 17.5 Å². The van der Waals surface area contributed by atoms with Gasteiger partial charge >= 0.3 is 43.3 Å². The Labute approximate surface area is 70.9 Å². The van der Waals surface area contributed by atoms with Crippen molar-refractivity contribution < 1.29 is 34.6 Å². The summed E-state index contributed by atoms with van der Waals surface area (Å²) in [5.41, 5.74) is 0. The van der Waals surface area contributed by atoms with Crippen LogP contribution >= 0.6 is 0 Å². The first-order chi connectivity index (χ1) is 2.00. The van der Waals surface area contributed by atoms with E-state index in [1.54, 1.807) is 0 Å². The average molecular weight is 360 g/mol. The van der Waals surface area contributed by atoms with Crippen molar-refractivity contribution in [1.82, 2.24) is 0 Å². The van der Waals surface area contributed by atoms with E-state index in [1.165, 1.54) is 0 Å². The Morgan fingerprint density at radius 3 is 1.14 bits per heavy atom. The van der Waals surface area contributed by atoms with Crippen molar-refractivity contribution in [2.24, 2.45) is 0 Å². The van der Waals surface area contributed by atoms with Gasteiger partial charge in [-0.05, 0) is 0 Å². The molecule has 0 spiro atoms. The van der Waals surface area contributed by atoms with Crippen molar-refractivity contribution in [2.75, 3.05) is 0 Å². The predicted molar refractivity (Wildman–Crippen MR) is 16.2 cm³/mol. The Kier molecular flexibility index (Phi) is 12.2. The molecule has 0 unspecified atom stereocenters. The molecule has 0 N–H and O–H groups in total. The van der Waals surface area contributed by atoms with Crippen LogP contribution in [0.3, 0.4) is 0 Å². The average Bonchev–Trinajstić information content (AvgIpc) is 0.722. The second-order valence-corrected chi connectivity index (χ2v) is 1.22. The van der Waals surface area contributed by atoms with Crippen LogP contribution in [0, 0.1) is 0 Å². The first-order valence-corrected chi connectivity index (χ1v) is 2.00. The first-order valence-electron chi connectivity index (χ1n) is 0.667. The second-order valence-electron chi connectivity index (χ2n) is 0.408. The van der Waals surface area contributed by atoms with Crippen LogP contribution in [0.1, 0.15) is 0 Å². The molecule has 0 saturated carbocycles. The Hall–Kier alpha value is 1.27. The van der Waals surface area contributed by atoms with E-state index in [0.29, 0.717) is 0 Å². The summed E-state index contributed by atoms with van der Waals surface area (Å²) in [7, 11) is -5.17. The fourth-order valence-corrected chi connectivity index (χ4v) is 0. The third-order valence-corrected chi connectivity index (χ3v) is 0. The molecular formula is BiMnO4S+3. The Morgan fingerprint density at radius 1 is 1.14 bits per heavy atom. The monoisotopic (exact) mass is 360 g/mol. The molecule has 0 amide bonds. The summed E-state index contributed by atoms with van der Waals surface area (Å²) >= 11 is 0. The van der Waals surface area contributed by atoms with Gasteiger partial charge in [-0.2, -0.15) is 0 Å². The molecule has 0 aromatic heterocycles. The Balaban J connectivity index is -0.0000000800. The minimum atomic E-state index is -5.17. The van der Waals surface area contributed by atoms with E-state index in [0.717, 1.165) is 0 Å². The maximum Gasteiger partial charge on any atom is 3.00 e. The fourth-order valence-electron chi connectivity index (χ4n) is 0. The first kappa shape index (κ1) is 15.7. The SMILES string of the molecule is O=S(=O)([O-])[O-].[Bi+3].[Mn+2]. The van der Waals surface area contributed by atoms with Gasteiger partial charge in [0.15, 0.2) is 0 Å². The minimum absolute atomic E-state index is 0. The van der Waals surface area contributed by atoms with Gasteiger partial charge in [0.2, 0.25) is 0 Å². The maximum absolute atomic E-state index is 8.52. The van der Waals surface area contributed by atoms with Crippen molar-refractivity contribution in [2.45, 2.75) is 0 Å². The molecule has 39 valence electrons. The van der Waals surface area contributed by atoms with Crippen molar-refractivity contribution in [1.29, 1.82) is 0 Å². The van der Waals surface area contributed by atoms with Gasteiger partial charge in [-0.3, -0.25) is 8.42 Å². The molecule has 7 heteroatoms. The van der Waals surface area contributed by atoms with Gasteiger partial charge in [-0.25, -0.2) is 0 Å². The van der Waals surface area contributed by atoms with E-state index < -0.39 is 10.4 Å². The van der Waals surface area contributed by atoms with Crippen molar-refractivity contribution in [3.8, 4) is 0 Å². The molecule has 0 aromatic rings. The molecule has 0 saturated heterocycles. The summed E-state index contributed by atoms with van der Waals surface area (Å²) in [6.45, 7) is 0. The van der Waals surface area contributed by atoms with E-state index in [1.807, 2.05) is 0 Å².